The van der Waals surface area contributed by atoms with Crippen LogP contribution >= 0.6 is 12.4 Å². The standard InChI is InChI=1S/C13H23NO4.ClH/c1-5-8-14(9-6-2)11(13(16)17-4)10-12(15)18-7-3;/h10H,5-9H2,1-4H3;1H. The minimum absolute atomic E-state index is 0. The molecule has 0 amide bonds. The monoisotopic (exact) mass is 293 g/mol. The van der Waals surface area contributed by atoms with Crippen molar-refractivity contribution < 1.29 is 19.1 Å². The number of carbonyl (C=O) groups is 2. The van der Waals surface area contributed by atoms with E-state index < -0.39 is 11.9 Å². The Bertz CT molecular complexity index is 299. The second kappa shape index (κ2) is 11.8. The van der Waals surface area contributed by atoms with Crippen LogP contribution < -0.4 is 0 Å². The van der Waals surface area contributed by atoms with Crippen molar-refractivity contribution in [2.24, 2.45) is 0 Å². The van der Waals surface area contributed by atoms with E-state index in [1.165, 1.54) is 13.2 Å². The third-order valence-electron chi connectivity index (χ3n) is 2.26. The Morgan fingerprint density at radius 3 is 2.00 bits per heavy atom. The summed E-state index contributed by atoms with van der Waals surface area (Å²) >= 11 is 0. The maximum Gasteiger partial charge on any atom is 0.354 e. The van der Waals surface area contributed by atoms with Crippen LogP contribution in [0.2, 0.25) is 0 Å². The van der Waals surface area contributed by atoms with Crippen LogP contribution in [0, 0.1) is 0 Å². The number of hydrogen-bond acceptors (Lipinski definition) is 5. The van der Waals surface area contributed by atoms with E-state index in [0.717, 1.165) is 12.8 Å². The summed E-state index contributed by atoms with van der Waals surface area (Å²) in [6.45, 7) is 7.44. The van der Waals surface area contributed by atoms with Gasteiger partial charge in [-0.1, -0.05) is 13.8 Å². The van der Waals surface area contributed by atoms with E-state index in [2.05, 4.69) is 0 Å². The Labute approximate surface area is 121 Å². The molecule has 0 rings (SSSR count). The van der Waals surface area contributed by atoms with E-state index >= 15 is 0 Å². The van der Waals surface area contributed by atoms with E-state index in [1.54, 1.807) is 6.92 Å². The minimum atomic E-state index is -0.518. The lowest BCUT2D eigenvalue weighted by atomic mass is 10.2. The normalized spacial score (nSPS) is 10.4. The van der Waals surface area contributed by atoms with Crippen LogP contribution in [-0.2, 0) is 19.1 Å². The molecule has 6 heteroatoms. The number of nitrogens with zero attached hydrogens (tertiary/aromatic N) is 1. The Morgan fingerprint density at radius 2 is 1.63 bits per heavy atom. The van der Waals surface area contributed by atoms with Gasteiger partial charge in [-0.05, 0) is 19.8 Å². The fraction of sp³-hybridized carbons (Fsp3) is 0.692. The lowest BCUT2D eigenvalue weighted by Gasteiger charge is -2.24. The van der Waals surface area contributed by atoms with Crippen molar-refractivity contribution in [3.05, 3.63) is 11.8 Å². The number of hydrogen-bond donors (Lipinski definition) is 0. The van der Waals surface area contributed by atoms with Gasteiger partial charge in [0, 0.05) is 13.1 Å². The summed E-state index contributed by atoms with van der Waals surface area (Å²) in [6.07, 6.45) is 2.98. The quantitative estimate of drug-likeness (QED) is 0.507. The molecule has 0 aliphatic heterocycles. The minimum Gasteiger partial charge on any atom is -0.464 e. The zero-order valence-electron chi connectivity index (χ0n) is 12.1. The molecule has 0 atom stereocenters. The molecule has 0 aromatic heterocycles. The number of esters is 2. The molecule has 0 radical (unpaired) electrons. The van der Waals surface area contributed by atoms with Crippen molar-refractivity contribution in [2.45, 2.75) is 33.6 Å². The topological polar surface area (TPSA) is 55.8 Å². The van der Waals surface area contributed by atoms with Crippen LogP contribution in [0.15, 0.2) is 11.8 Å². The predicted molar refractivity (Wildman–Crippen MR) is 76.1 cm³/mol. The van der Waals surface area contributed by atoms with Crippen LogP contribution in [0.5, 0.6) is 0 Å². The maximum atomic E-state index is 11.7. The molecule has 0 aromatic rings. The Morgan fingerprint density at radius 1 is 1.11 bits per heavy atom. The Hall–Kier alpha value is -1.23. The highest BCUT2D eigenvalue weighted by atomic mass is 35.5. The average Bonchev–Trinajstić information content (AvgIpc) is 2.35. The third-order valence-corrected chi connectivity index (χ3v) is 2.26. The van der Waals surface area contributed by atoms with Gasteiger partial charge in [-0.3, -0.25) is 0 Å². The molecule has 0 spiro atoms. The van der Waals surface area contributed by atoms with E-state index in [4.69, 9.17) is 9.47 Å². The number of carbonyl (C=O) groups excluding carboxylic acids is 2. The van der Waals surface area contributed by atoms with E-state index in [0.29, 0.717) is 13.1 Å². The fourth-order valence-electron chi connectivity index (χ4n) is 1.57. The zero-order valence-corrected chi connectivity index (χ0v) is 12.9. The van der Waals surface area contributed by atoms with Gasteiger partial charge < -0.3 is 14.4 Å². The van der Waals surface area contributed by atoms with Crippen LogP contribution in [0.3, 0.4) is 0 Å². The molecule has 0 saturated heterocycles. The van der Waals surface area contributed by atoms with Gasteiger partial charge in [0.2, 0.25) is 0 Å². The van der Waals surface area contributed by atoms with E-state index in [1.807, 2.05) is 18.7 Å². The first-order valence-electron chi connectivity index (χ1n) is 6.32. The summed E-state index contributed by atoms with van der Waals surface area (Å²) in [5, 5.41) is 0. The van der Waals surface area contributed by atoms with Gasteiger partial charge in [-0.2, -0.15) is 0 Å². The van der Waals surface area contributed by atoms with Crippen molar-refractivity contribution >= 4 is 24.3 Å². The highest BCUT2D eigenvalue weighted by Crippen LogP contribution is 2.09. The maximum absolute atomic E-state index is 11.7. The van der Waals surface area contributed by atoms with E-state index in [9.17, 15) is 9.59 Å². The largest absolute Gasteiger partial charge is 0.464 e. The van der Waals surface area contributed by atoms with Gasteiger partial charge in [0.25, 0.3) is 0 Å². The predicted octanol–water partition coefficient (Wildman–Crippen LogP) is 2.15. The number of halogens is 1. The van der Waals surface area contributed by atoms with Gasteiger partial charge in [-0.25, -0.2) is 9.59 Å². The number of ether oxygens (including phenoxy) is 2. The molecule has 0 aromatic carbocycles. The van der Waals surface area contributed by atoms with Crippen LogP contribution in [-0.4, -0.2) is 43.6 Å². The van der Waals surface area contributed by atoms with Gasteiger partial charge in [0.1, 0.15) is 5.70 Å². The van der Waals surface area contributed by atoms with Crippen LogP contribution in [0.25, 0.3) is 0 Å². The summed E-state index contributed by atoms with van der Waals surface area (Å²) in [7, 11) is 1.30. The molecule has 0 heterocycles. The molecule has 5 nitrogen and oxygen atoms in total. The molecule has 0 bridgehead atoms. The summed E-state index contributed by atoms with van der Waals surface area (Å²) in [4.78, 5) is 25.0. The summed E-state index contributed by atoms with van der Waals surface area (Å²) in [5.74, 6) is -1.03. The molecule has 19 heavy (non-hydrogen) atoms. The van der Waals surface area contributed by atoms with Crippen LogP contribution in [0.4, 0.5) is 0 Å². The SMILES string of the molecule is CCCN(CCC)C(=CC(=O)OCC)C(=O)OC.Cl. The second-order valence-electron chi connectivity index (χ2n) is 3.76. The van der Waals surface area contributed by atoms with Crippen molar-refractivity contribution in [1.82, 2.24) is 4.90 Å². The van der Waals surface area contributed by atoms with Crippen molar-refractivity contribution in [3.8, 4) is 0 Å². The van der Waals surface area contributed by atoms with Gasteiger partial charge in [0.05, 0.1) is 19.8 Å². The molecule has 0 unspecified atom stereocenters. The summed E-state index contributed by atoms with van der Waals surface area (Å²) in [5.41, 5.74) is 0.264. The first-order valence-corrected chi connectivity index (χ1v) is 6.32. The number of methoxy groups -OCH3 is 1. The average molecular weight is 294 g/mol. The smallest absolute Gasteiger partial charge is 0.354 e. The van der Waals surface area contributed by atoms with Gasteiger partial charge in [0.15, 0.2) is 0 Å². The van der Waals surface area contributed by atoms with Crippen molar-refractivity contribution in [2.75, 3.05) is 26.8 Å². The molecular weight excluding hydrogens is 270 g/mol. The summed E-state index contributed by atoms with van der Waals surface area (Å²) in [6, 6.07) is 0. The molecule has 0 aliphatic rings. The molecule has 0 aliphatic carbocycles. The molecule has 112 valence electrons. The first kappa shape index (κ1) is 20.1. The van der Waals surface area contributed by atoms with Crippen molar-refractivity contribution in [3.63, 3.8) is 0 Å². The molecule has 0 fully saturated rings. The molecular formula is C13H24ClNO4. The highest BCUT2D eigenvalue weighted by Gasteiger charge is 2.19. The van der Waals surface area contributed by atoms with E-state index in [-0.39, 0.29) is 24.7 Å². The Balaban J connectivity index is 0. The molecule has 0 saturated carbocycles. The van der Waals surface area contributed by atoms with Gasteiger partial charge in [-0.15, -0.1) is 12.4 Å². The first-order chi connectivity index (χ1) is 8.60. The summed E-state index contributed by atoms with van der Waals surface area (Å²) < 4.78 is 9.53. The third kappa shape index (κ3) is 7.72. The van der Waals surface area contributed by atoms with Crippen molar-refractivity contribution in [1.29, 1.82) is 0 Å². The van der Waals surface area contributed by atoms with Crippen LogP contribution in [0.1, 0.15) is 33.6 Å². The Kier molecular flexibility index (Phi) is 12.5. The lowest BCUT2D eigenvalue weighted by molar-refractivity contribution is -0.141. The zero-order chi connectivity index (χ0) is 14.0. The highest BCUT2D eigenvalue weighted by molar-refractivity contribution is 5.95. The lowest BCUT2D eigenvalue weighted by Crippen LogP contribution is -2.30. The van der Waals surface area contributed by atoms with Gasteiger partial charge >= 0.3 is 11.9 Å². The number of rotatable bonds is 8. The molecule has 0 N–H and O–H groups in total. The second-order valence-corrected chi connectivity index (χ2v) is 3.76. The fourth-order valence-corrected chi connectivity index (χ4v) is 1.57.